The molecule has 0 saturated heterocycles. The molecule has 0 bridgehead atoms. The van der Waals surface area contributed by atoms with E-state index in [2.05, 4.69) is 21.7 Å². The summed E-state index contributed by atoms with van der Waals surface area (Å²) in [7, 11) is 0. The summed E-state index contributed by atoms with van der Waals surface area (Å²) in [6.07, 6.45) is 1.86. The van der Waals surface area contributed by atoms with Crippen LogP contribution in [0.4, 0.5) is 0 Å². The van der Waals surface area contributed by atoms with Crippen molar-refractivity contribution < 1.29 is 5.11 Å². The highest BCUT2D eigenvalue weighted by Gasteiger charge is 2.12. The maximum Gasteiger partial charge on any atom is 0.137 e. The standard InChI is InChI=1S/C18H14N2O/c1-12-6-9-18(19-11-12)20-16-5-3-2-4-14(16)15-8-7-13(21)10-17(15)20/h2-11,21H,1H3. The van der Waals surface area contributed by atoms with Gasteiger partial charge in [-0.25, -0.2) is 4.98 Å². The normalized spacial score (nSPS) is 11.3. The van der Waals surface area contributed by atoms with Crippen LogP contribution in [0.2, 0.25) is 0 Å². The zero-order chi connectivity index (χ0) is 14.4. The number of phenols is 1. The molecule has 0 radical (unpaired) electrons. The lowest BCUT2D eigenvalue weighted by atomic mass is 10.1. The van der Waals surface area contributed by atoms with Crippen molar-refractivity contribution in [3.63, 3.8) is 0 Å². The van der Waals surface area contributed by atoms with Crippen LogP contribution in [-0.4, -0.2) is 14.7 Å². The van der Waals surface area contributed by atoms with Gasteiger partial charge in [-0.1, -0.05) is 24.3 Å². The number of rotatable bonds is 1. The van der Waals surface area contributed by atoms with E-state index in [0.717, 1.165) is 33.2 Å². The number of para-hydroxylation sites is 1. The lowest BCUT2D eigenvalue weighted by molar-refractivity contribution is 0.476. The number of phenolic OH excluding ortho intramolecular Hbond substituents is 1. The van der Waals surface area contributed by atoms with Gasteiger partial charge in [0.1, 0.15) is 11.6 Å². The summed E-state index contributed by atoms with van der Waals surface area (Å²) < 4.78 is 2.09. The van der Waals surface area contributed by atoms with E-state index in [-0.39, 0.29) is 5.75 Å². The van der Waals surface area contributed by atoms with E-state index >= 15 is 0 Å². The fraction of sp³-hybridized carbons (Fsp3) is 0.0556. The van der Waals surface area contributed by atoms with E-state index in [4.69, 9.17) is 0 Å². The Labute approximate surface area is 122 Å². The van der Waals surface area contributed by atoms with Crippen molar-refractivity contribution in [2.24, 2.45) is 0 Å². The van der Waals surface area contributed by atoms with Gasteiger partial charge in [-0.05, 0) is 36.8 Å². The van der Waals surface area contributed by atoms with Crippen LogP contribution in [-0.2, 0) is 0 Å². The summed E-state index contributed by atoms with van der Waals surface area (Å²) in [4.78, 5) is 4.53. The second kappa shape index (κ2) is 4.35. The molecule has 0 atom stereocenters. The van der Waals surface area contributed by atoms with Gasteiger partial charge >= 0.3 is 0 Å². The molecule has 0 amide bonds. The molecule has 102 valence electrons. The summed E-state index contributed by atoms with van der Waals surface area (Å²) in [5.41, 5.74) is 3.18. The van der Waals surface area contributed by atoms with Gasteiger partial charge in [0.05, 0.1) is 11.0 Å². The molecule has 0 aliphatic rings. The van der Waals surface area contributed by atoms with E-state index < -0.39 is 0 Å². The molecule has 2 aromatic carbocycles. The quantitative estimate of drug-likeness (QED) is 0.565. The first-order valence-electron chi connectivity index (χ1n) is 6.89. The van der Waals surface area contributed by atoms with Crippen LogP contribution < -0.4 is 0 Å². The van der Waals surface area contributed by atoms with Gasteiger partial charge in [0.25, 0.3) is 0 Å². The van der Waals surface area contributed by atoms with Crippen molar-refractivity contribution in [3.8, 4) is 11.6 Å². The molecule has 0 spiro atoms. The van der Waals surface area contributed by atoms with Crippen LogP contribution in [0.25, 0.3) is 27.6 Å². The summed E-state index contributed by atoms with van der Waals surface area (Å²) in [6, 6.07) is 17.7. The predicted molar refractivity (Wildman–Crippen MR) is 85.0 cm³/mol. The molecule has 2 aromatic heterocycles. The van der Waals surface area contributed by atoms with Crippen LogP contribution in [0.15, 0.2) is 60.8 Å². The predicted octanol–water partition coefficient (Wildman–Crippen LogP) is 4.19. The maximum atomic E-state index is 9.84. The third-order valence-electron chi connectivity index (χ3n) is 3.78. The van der Waals surface area contributed by atoms with Crippen LogP contribution in [0.5, 0.6) is 5.75 Å². The number of aromatic nitrogens is 2. The van der Waals surface area contributed by atoms with Gasteiger partial charge in [0, 0.05) is 23.0 Å². The number of fused-ring (bicyclic) bond motifs is 3. The number of pyridine rings is 1. The van der Waals surface area contributed by atoms with Crippen molar-refractivity contribution in [2.75, 3.05) is 0 Å². The number of hydrogen-bond acceptors (Lipinski definition) is 2. The van der Waals surface area contributed by atoms with Gasteiger partial charge in [-0.2, -0.15) is 0 Å². The minimum atomic E-state index is 0.263. The summed E-state index contributed by atoms with van der Waals surface area (Å²) in [6.45, 7) is 2.02. The third kappa shape index (κ3) is 1.78. The summed E-state index contributed by atoms with van der Waals surface area (Å²) in [5, 5.41) is 12.1. The molecule has 0 aliphatic carbocycles. The summed E-state index contributed by atoms with van der Waals surface area (Å²) in [5.74, 6) is 1.12. The molecule has 0 fully saturated rings. The Morgan fingerprint density at radius 1 is 0.905 bits per heavy atom. The Bertz CT molecular complexity index is 952. The fourth-order valence-electron chi connectivity index (χ4n) is 2.80. The highest BCUT2D eigenvalue weighted by molar-refractivity contribution is 6.09. The van der Waals surface area contributed by atoms with Gasteiger partial charge in [-0.15, -0.1) is 0 Å². The first-order valence-corrected chi connectivity index (χ1v) is 6.89. The fourth-order valence-corrected chi connectivity index (χ4v) is 2.80. The smallest absolute Gasteiger partial charge is 0.137 e. The molecule has 4 aromatic rings. The SMILES string of the molecule is Cc1ccc(-n2c3ccccc3c3ccc(O)cc32)nc1. The molecule has 3 heteroatoms. The van der Waals surface area contributed by atoms with Gasteiger partial charge in [0.2, 0.25) is 0 Å². The molecular formula is C18H14N2O. The van der Waals surface area contributed by atoms with Crippen molar-refractivity contribution in [3.05, 3.63) is 66.4 Å². The molecule has 4 rings (SSSR count). The largest absolute Gasteiger partial charge is 0.508 e. The summed E-state index contributed by atoms with van der Waals surface area (Å²) >= 11 is 0. The number of nitrogens with zero attached hydrogens (tertiary/aromatic N) is 2. The highest BCUT2D eigenvalue weighted by Crippen LogP contribution is 2.33. The second-order valence-electron chi connectivity index (χ2n) is 5.25. The Morgan fingerprint density at radius 3 is 2.52 bits per heavy atom. The third-order valence-corrected chi connectivity index (χ3v) is 3.78. The Balaban J connectivity index is 2.18. The molecular weight excluding hydrogens is 260 g/mol. The Kier molecular flexibility index (Phi) is 2.48. The van der Waals surface area contributed by atoms with Gasteiger partial charge in [-0.3, -0.25) is 4.57 Å². The first-order chi connectivity index (χ1) is 10.2. The highest BCUT2D eigenvalue weighted by atomic mass is 16.3. The molecule has 3 nitrogen and oxygen atoms in total. The average Bonchev–Trinajstić information content (AvgIpc) is 2.82. The van der Waals surface area contributed by atoms with Crippen molar-refractivity contribution in [2.45, 2.75) is 6.92 Å². The van der Waals surface area contributed by atoms with E-state index in [1.807, 2.05) is 43.5 Å². The molecule has 1 N–H and O–H groups in total. The van der Waals surface area contributed by atoms with Crippen molar-refractivity contribution in [1.29, 1.82) is 0 Å². The van der Waals surface area contributed by atoms with Crippen LogP contribution >= 0.6 is 0 Å². The molecule has 0 aliphatic heterocycles. The van der Waals surface area contributed by atoms with E-state index in [1.54, 1.807) is 12.1 Å². The lowest BCUT2D eigenvalue weighted by Gasteiger charge is -2.07. The van der Waals surface area contributed by atoms with Crippen molar-refractivity contribution in [1.82, 2.24) is 9.55 Å². The van der Waals surface area contributed by atoms with Crippen molar-refractivity contribution >= 4 is 21.8 Å². The van der Waals surface area contributed by atoms with Crippen LogP contribution in [0.1, 0.15) is 5.56 Å². The zero-order valence-corrected chi connectivity index (χ0v) is 11.6. The first kappa shape index (κ1) is 12.0. The molecule has 0 unspecified atom stereocenters. The Morgan fingerprint density at radius 2 is 1.71 bits per heavy atom. The van der Waals surface area contributed by atoms with Crippen LogP contribution in [0, 0.1) is 6.92 Å². The number of benzene rings is 2. The molecule has 21 heavy (non-hydrogen) atoms. The number of aryl methyl sites for hydroxylation is 1. The van der Waals surface area contributed by atoms with Gasteiger partial charge in [0.15, 0.2) is 0 Å². The number of aromatic hydroxyl groups is 1. The second-order valence-corrected chi connectivity index (χ2v) is 5.25. The van der Waals surface area contributed by atoms with E-state index in [1.165, 1.54) is 0 Å². The van der Waals surface area contributed by atoms with Gasteiger partial charge < -0.3 is 5.11 Å². The van der Waals surface area contributed by atoms with Crippen LogP contribution in [0.3, 0.4) is 0 Å². The van der Waals surface area contributed by atoms with E-state index in [0.29, 0.717) is 0 Å². The molecule has 2 heterocycles. The average molecular weight is 274 g/mol. The maximum absolute atomic E-state index is 9.84. The van der Waals surface area contributed by atoms with E-state index in [9.17, 15) is 5.11 Å². The monoisotopic (exact) mass is 274 g/mol. The minimum Gasteiger partial charge on any atom is -0.508 e. The minimum absolute atomic E-state index is 0.263. The topological polar surface area (TPSA) is 38.0 Å². The molecule has 0 saturated carbocycles. The zero-order valence-electron chi connectivity index (χ0n) is 11.6. The Hall–Kier alpha value is -2.81. The number of hydrogen-bond donors (Lipinski definition) is 1. The lowest BCUT2D eigenvalue weighted by Crippen LogP contribution is -1.96.